The molecule has 0 aliphatic heterocycles. The lowest BCUT2D eigenvalue weighted by Gasteiger charge is -2.12. The second kappa shape index (κ2) is 6.35. The largest absolute Gasteiger partial charge is 0.486 e. The molecule has 0 N–H and O–H groups in total. The van der Waals surface area contributed by atoms with Crippen molar-refractivity contribution in [2.75, 3.05) is 11.9 Å². The number of halogens is 2. The van der Waals surface area contributed by atoms with Crippen LogP contribution in [-0.4, -0.2) is 16.9 Å². The Hall–Kier alpha value is -0.620. The predicted octanol–water partition coefficient (Wildman–Crippen LogP) is 4.08. The summed E-state index contributed by atoms with van der Waals surface area (Å²) in [6.07, 6.45) is 0. The maximum Gasteiger partial charge on any atom is 0.312 e. The molecular formula is C11H13Br2NO3. The van der Waals surface area contributed by atoms with E-state index in [0.717, 1.165) is 10.9 Å². The molecule has 0 aliphatic carbocycles. The molecule has 0 heterocycles. The van der Waals surface area contributed by atoms with Gasteiger partial charge in [-0.25, -0.2) is 0 Å². The van der Waals surface area contributed by atoms with E-state index in [4.69, 9.17) is 4.74 Å². The Balaban J connectivity index is 3.00. The summed E-state index contributed by atoms with van der Waals surface area (Å²) >= 11 is 6.59. The van der Waals surface area contributed by atoms with Crippen LogP contribution in [0.2, 0.25) is 0 Å². The molecule has 0 bridgehead atoms. The Labute approximate surface area is 117 Å². The molecule has 0 radical (unpaired) electrons. The zero-order valence-corrected chi connectivity index (χ0v) is 12.7. The van der Waals surface area contributed by atoms with E-state index in [9.17, 15) is 10.1 Å². The van der Waals surface area contributed by atoms with Crippen molar-refractivity contribution in [1.29, 1.82) is 0 Å². The topological polar surface area (TPSA) is 52.4 Å². The standard InChI is InChI=1S/C11H13Br2NO3/c1-7(5-12)6-17-11-8(2)3-9(13)4-10(11)14(15)16/h3-4,7H,5-6H2,1-2H3. The molecule has 0 saturated carbocycles. The second-order valence-corrected chi connectivity index (χ2v) is 5.46. The number of alkyl halides is 1. The van der Waals surface area contributed by atoms with E-state index in [1.807, 2.05) is 6.92 Å². The molecule has 0 aromatic heterocycles. The molecule has 0 aliphatic rings. The summed E-state index contributed by atoms with van der Waals surface area (Å²) in [6, 6.07) is 3.27. The van der Waals surface area contributed by atoms with Gasteiger partial charge in [-0.1, -0.05) is 38.8 Å². The van der Waals surface area contributed by atoms with Gasteiger partial charge >= 0.3 is 5.69 Å². The van der Waals surface area contributed by atoms with E-state index in [-0.39, 0.29) is 5.69 Å². The van der Waals surface area contributed by atoms with E-state index < -0.39 is 4.92 Å². The molecule has 0 amide bonds. The summed E-state index contributed by atoms with van der Waals surface area (Å²) in [5, 5.41) is 11.7. The zero-order valence-electron chi connectivity index (χ0n) is 9.57. The summed E-state index contributed by atoms with van der Waals surface area (Å²) in [4.78, 5) is 10.5. The third kappa shape index (κ3) is 3.96. The first-order valence-electron chi connectivity index (χ1n) is 5.09. The number of nitrogens with zero attached hydrogens (tertiary/aromatic N) is 1. The monoisotopic (exact) mass is 365 g/mol. The SMILES string of the molecule is Cc1cc(Br)cc([N+](=O)[O-])c1OCC(C)CBr. The number of hydrogen-bond donors (Lipinski definition) is 0. The highest BCUT2D eigenvalue weighted by molar-refractivity contribution is 9.10. The molecule has 0 fully saturated rings. The van der Waals surface area contributed by atoms with E-state index in [1.165, 1.54) is 6.07 Å². The molecule has 1 unspecified atom stereocenters. The van der Waals surface area contributed by atoms with Crippen molar-refractivity contribution in [2.45, 2.75) is 13.8 Å². The van der Waals surface area contributed by atoms with Gasteiger partial charge in [0.25, 0.3) is 0 Å². The van der Waals surface area contributed by atoms with Crippen molar-refractivity contribution in [3.63, 3.8) is 0 Å². The Morgan fingerprint density at radius 2 is 2.18 bits per heavy atom. The average molecular weight is 367 g/mol. The predicted molar refractivity (Wildman–Crippen MR) is 74.0 cm³/mol. The van der Waals surface area contributed by atoms with E-state index in [2.05, 4.69) is 31.9 Å². The molecule has 17 heavy (non-hydrogen) atoms. The van der Waals surface area contributed by atoms with Gasteiger partial charge < -0.3 is 4.74 Å². The molecule has 1 aromatic carbocycles. The molecule has 94 valence electrons. The summed E-state index contributed by atoms with van der Waals surface area (Å²) in [5.41, 5.74) is 0.756. The minimum atomic E-state index is -0.425. The lowest BCUT2D eigenvalue weighted by molar-refractivity contribution is -0.386. The van der Waals surface area contributed by atoms with Crippen LogP contribution in [0.3, 0.4) is 0 Å². The number of hydrogen-bond acceptors (Lipinski definition) is 3. The van der Waals surface area contributed by atoms with Gasteiger partial charge in [-0.05, 0) is 24.5 Å². The Morgan fingerprint density at radius 1 is 1.53 bits per heavy atom. The third-order valence-electron chi connectivity index (χ3n) is 2.19. The molecule has 1 rings (SSSR count). The van der Waals surface area contributed by atoms with Crippen LogP contribution in [0.25, 0.3) is 0 Å². The lowest BCUT2D eigenvalue weighted by Crippen LogP contribution is -2.11. The summed E-state index contributed by atoms with van der Waals surface area (Å²) in [5.74, 6) is 0.656. The molecule has 0 spiro atoms. The lowest BCUT2D eigenvalue weighted by atomic mass is 10.2. The van der Waals surface area contributed by atoms with Gasteiger partial charge in [-0.15, -0.1) is 0 Å². The van der Waals surface area contributed by atoms with Gasteiger partial charge in [0.2, 0.25) is 0 Å². The van der Waals surface area contributed by atoms with Crippen LogP contribution in [0.1, 0.15) is 12.5 Å². The zero-order chi connectivity index (χ0) is 13.0. The van der Waals surface area contributed by atoms with Gasteiger partial charge in [0.1, 0.15) is 0 Å². The van der Waals surface area contributed by atoms with Crippen LogP contribution in [0, 0.1) is 23.0 Å². The van der Waals surface area contributed by atoms with Crippen LogP contribution in [0.4, 0.5) is 5.69 Å². The fourth-order valence-corrected chi connectivity index (χ4v) is 2.05. The fraction of sp³-hybridized carbons (Fsp3) is 0.455. The van der Waals surface area contributed by atoms with Crippen LogP contribution in [0.5, 0.6) is 5.75 Å². The highest BCUT2D eigenvalue weighted by Crippen LogP contribution is 2.34. The minimum Gasteiger partial charge on any atom is -0.486 e. The van der Waals surface area contributed by atoms with Crippen molar-refractivity contribution in [1.82, 2.24) is 0 Å². The number of nitro groups is 1. The quantitative estimate of drug-likeness (QED) is 0.448. The molecule has 6 heteroatoms. The molecule has 1 atom stereocenters. The van der Waals surface area contributed by atoms with Crippen molar-refractivity contribution < 1.29 is 9.66 Å². The highest BCUT2D eigenvalue weighted by Gasteiger charge is 2.19. The van der Waals surface area contributed by atoms with Crippen LogP contribution >= 0.6 is 31.9 Å². The van der Waals surface area contributed by atoms with Gasteiger partial charge in [0, 0.05) is 15.9 Å². The first-order valence-corrected chi connectivity index (χ1v) is 7.00. The normalized spacial score (nSPS) is 12.2. The average Bonchev–Trinajstić information content (AvgIpc) is 2.26. The Morgan fingerprint density at radius 3 is 2.71 bits per heavy atom. The first kappa shape index (κ1) is 14.4. The van der Waals surface area contributed by atoms with Crippen molar-refractivity contribution in [3.8, 4) is 5.75 Å². The van der Waals surface area contributed by atoms with Crippen LogP contribution in [-0.2, 0) is 0 Å². The molecule has 1 aromatic rings. The van der Waals surface area contributed by atoms with Gasteiger partial charge in [-0.2, -0.15) is 0 Å². The van der Waals surface area contributed by atoms with Gasteiger partial charge in [0.15, 0.2) is 5.75 Å². The first-order chi connectivity index (χ1) is 7.95. The summed E-state index contributed by atoms with van der Waals surface area (Å²) in [6.45, 7) is 4.26. The number of benzene rings is 1. The number of ether oxygens (including phenoxy) is 1. The Kier molecular flexibility index (Phi) is 5.39. The third-order valence-corrected chi connectivity index (χ3v) is 3.76. The second-order valence-electron chi connectivity index (χ2n) is 3.90. The maximum absolute atomic E-state index is 10.9. The highest BCUT2D eigenvalue weighted by atomic mass is 79.9. The molecule has 0 saturated heterocycles. The summed E-state index contributed by atoms with van der Waals surface area (Å²) < 4.78 is 6.23. The fourth-order valence-electron chi connectivity index (χ4n) is 1.31. The van der Waals surface area contributed by atoms with Crippen LogP contribution in [0.15, 0.2) is 16.6 Å². The minimum absolute atomic E-state index is 0.00125. The number of aryl methyl sites for hydroxylation is 1. The van der Waals surface area contributed by atoms with Crippen molar-refractivity contribution >= 4 is 37.5 Å². The van der Waals surface area contributed by atoms with Crippen LogP contribution < -0.4 is 4.74 Å². The summed E-state index contributed by atoms with van der Waals surface area (Å²) in [7, 11) is 0. The van der Waals surface area contributed by atoms with E-state index in [1.54, 1.807) is 13.0 Å². The number of nitro benzene ring substituents is 1. The Bertz CT molecular complexity index is 423. The van der Waals surface area contributed by atoms with Crippen molar-refractivity contribution in [3.05, 3.63) is 32.3 Å². The molecule has 4 nitrogen and oxygen atoms in total. The van der Waals surface area contributed by atoms with Crippen molar-refractivity contribution in [2.24, 2.45) is 5.92 Å². The smallest absolute Gasteiger partial charge is 0.312 e. The van der Waals surface area contributed by atoms with Gasteiger partial charge in [0.05, 0.1) is 11.5 Å². The molecular weight excluding hydrogens is 354 g/mol. The van der Waals surface area contributed by atoms with E-state index >= 15 is 0 Å². The van der Waals surface area contributed by atoms with E-state index in [0.29, 0.717) is 22.7 Å². The maximum atomic E-state index is 10.9. The number of rotatable bonds is 5. The van der Waals surface area contributed by atoms with Gasteiger partial charge in [-0.3, -0.25) is 10.1 Å².